The van der Waals surface area contributed by atoms with Crippen LogP contribution in [0, 0.1) is 7.43 Å². The zero-order valence-electron chi connectivity index (χ0n) is 64.6. The lowest BCUT2D eigenvalue weighted by atomic mass is 10.1. The first-order valence-corrected chi connectivity index (χ1v) is 45.8. The van der Waals surface area contributed by atoms with E-state index >= 15 is 0 Å². The molecule has 0 bridgehead atoms. The van der Waals surface area contributed by atoms with E-state index in [1.54, 1.807) is 241 Å². The quantitative estimate of drug-likeness (QED) is 0.0851. The van der Waals surface area contributed by atoms with E-state index in [1.165, 1.54) is 53.9 Å². The summed E-state index contributed by atoms with van der Waals surface area (Å²) in [5.41, 5.74) is 2.51. The number of fused-ring (bicyclic) bond motifs is 6. The molecule has 6 aliphatic heterocycles. The van der Waals surface area contributed by atoms with Gasteiger partial charge in [0.2, 0.25) is 34.7 Å². The molecule has 36 heteroatoms. The molecule has 24 nitrogen and oxygen atoms in total. The van der Waals surface area contributed by atoms with Crippen molar-refractivity contribution in [2.45, 2.75) is 0 Å². The molecule has 0 saturated heterocycles. The highest BCUT2D eigenvalue weighted by atomic mass is 79.9. The minimum absolute atomic E-state index is 0. The van der Waals surface area contributed by atoms with Crippen molar-refractivity contribution in [1.82, 2.24) is 9.97 Å². The second kappa shape index (κ2) is 35.7. The SMILES string of the molecule is C[n+]1ccccc1C(=O)N1/C(=C2\C(=O)c3cc(Br)cc(Br)c3N2C(=O)c2cccc[n+]2C)C(=O)c2cc(Br)cc(Br)c21.C[n+]1ccccc1C(=O)N1/C(=C2\C(=O)c3cc(Br)cc(Br)c3N2C(=O)c2ccccn2)C(=O)c2cc(Br)cc(Br)c21.C[n+]1ccccc1C(=O)N1/C(=C2\C(=O)c3cc(Br)cc(Br)c3N2C(=O)c2ccccn2)C(=O)c2cc(Br)cc(Br)c21.[CH3-]. The number of ketones is 6. The molecule has 12 aromatic rings. The van der Waals surface area contributed by atoms with Crippen molar-refractivity contribution in [3.05, 3.63) is 382 Å². The van der Waals surface area contributed by atoms with E-state index in [-0.39, 0.29) is 143 Å². The first-order valence-electron chi connectivity index (χ1n) is 36.3. The number of carbonyl (C=O) groups excluding carboxylic acids is 12. The van der Waals surface area contributed by atoms with Gasteiger partial charge in [0.05, 0.1) is 67.5 Å². The summed E-state index contributed by atoms with van der Waals surface area (Å²) in [5.74, 6) is -6.95. The van der Waals surface area contributed by atoms with Gasteiger partial charge in [0.15, 0.2) is 24.8 Å². The molecule has 6 aliphatic rings. The van der Waals surface area contributed by atoms with E-state index in [0.717, 1.165) is 0 Å². The standard InChI is InChI=1S/C30H18Br4N4O4.2C29H15Br4N4O4.CH3/c1-35-9-5-3-7-21(35)29(41)37-23-17(11-15(31)13-19(23)33)27(39)25(37)26-28(40)18-12-16(32)14-20(34)24(18)38(26)30(42)22-8-4-6-10-36(22)2;2*1-35-9-5-3-7-21(35)29(41)37-23-17(11-15(31)13-19(23)33)27(39)25(37)24-26(38)16-10-14(30)12-18(32)22(16)36(24)28(40)20-6-2-4-8-34-20;/h3-14H,1-2H3;2*2-13H,1H3;1H3/q+2;2*+1;-1/b26-25+;2*25-24+;. The Hall–Kier alpha value is -9.96. The highest BCUT2D eigenvalue weighted by Crippen LogP contribution is 2.54. The monoisotopic (exact) mass is 2430 g/mol. The lowest BCUT2D eigenvalue weighted by Gasteiger charge is -2.24. The van der Waals surface area contributed by atoms with Gasteiger partial charge in [0.25, 0.3) is 34.6 Å². The largest absolute Gasteiger partial charge is 0.358 e. The summed E-state index contributed by atoms with van der Waals surface area (Å²) in [5, 5.41) is 0. The third-order valence-corrected chi connectivity index (χ3v) is 26.7. The van der Waals surface area contributed by atoms with Crippen LogP contribution in [0.4, 0.5) is 34.1 Å². The average molecular weight is 2440 g/mol. The molecule has 6 amide bonds. The molecule has 0 unspecified atom stereocenters. The van der Waals surface area contributed by atoms with Crippen molar-refractivity contribution in [2.75, 3.05) is 29.4 Å². The number of hydrogen-bond donors (Lipinski definition) is 0. The third-order valence-electron chi connectivity index (χ3n) is 20.4. The van der Waals surface area contributed by atoms with Crippen LogP contribution >= 0.6 is 191 Å². The van der Waals surface area contributed by atoms with E-state index in [1.807, 2.05) is 0 Å². The number of allylic oxidation sites excluding steroid dienone is 6. The molecule has 0 fully saturated rings. The van der Waals surface area contributed by atoms with Crippen molar-refractivity contribution < 1.29 is 75.8 Å². The van der Waals surface area contributed by atoms with Crippen molar-refractivity contribution in [2.24, 2.45) is 28.2 Å². The number of pyridine rings is 6. The second-order valence-corrected chi connectivity index (χ2v) is 38.4. The normalized spacial score (nSPS) is 15.7. The van der Waals surface area contributed by atoms with Crippen molar-refractivity contribution >= 4 is 295 Å². The van der Waals surface area contributed by atoms with Crippen LogP contribution in [0.1, 0.15) is 125 Å². The molecular formula is C89H51Br12N12O12+3. The van der Waals surface area contributed by atoms with Gasteiger partial charge in [0, 0.05) is 115 Å². The summed E-state index contributed by atoms with van der Waals surface area (Å²) in [6.45, 7) is 0. The van der Waals surface area contributed by atoms with E-state index < -0.39 is 70.1 Å². The summed E-state index contributed by atoms with van der Waals surface area (Å²) in [4.78, 5) is 187. The predicted octanol–water partition coefficient (Wildman–Crippen LogP) is 19.5. The lowest BCUT2D eigenvalue weighted by Crippen LogP contribution is -2.45. The number of aryl methyl sites for hydroxylation is 4. The average Bonchev–Trinajstić information content (AvgIpc) is 1.56. The van der Waals surface area contributed by atoms with Gasteiger partial charge in [-0.1, -0.05) is 108 Å². The van der Waals surface area contributed by atoms with E-state index in [0.29, 0.717) is 53.7 Å². The summed E-state index contributed by atoms with van der Waals surface area (Å²) >= 11 is 41.6. The number of Topliss-reactive ketones (excluding diaryl/α,β-unsaturated/α-hetero) is 6. The number of anilines is 6. The molecule has 6 aromatic carbocycles. The van der Waals surface area contributed by atoms with Gasteiger partial charge in [-0.05, 0) is 217 Å². The Morgan fingerprint density at radius 2 is 0.424 bits per heavy atom. The van der Waals surface area contributed by atoms with Gasteiger partial charge in [-0.25, -0.2) is 0 Å². The molecule has 0 atom stereocenters. The molecule has 0 N–H and O–H groups in total. The van der Waals surface area contributed by atoms with Crippen LogP contribution in [-0.4, -0.2) is 80.1 Å². The fraction of sp³-hybridized carbons (Fsp3) is 0.0449. The summed E-state index contributed by atoms with van der Waals surface area (Å²) in [6, 6.07) is 49.9. The topological polar surface area (TPSA) is 266 Å². The molecule has 0 aliphatic carbocycles. The molecule has 18 rings (SSSR count). The van der Waals surface area contributed by atoms with Gasteiger partial charge >= 0.3 is 23.6 Å². The number of halogens is 12. The minimum Gasteiger partial charge on any atom is -0.358 e. The van der Waals surface area contributed by atoms with Crippen molar-refractivity contribution in [3.63, 3.8) is 0 Å². The summed E-state index contributed by atoms with van der Waals surface area (Å²) < 4.78 is 12.8. The predicted molar refractivity (Wildman–Crippen MR) is 504 cm³/mol. The summed E-state index contributed by atoms with van der Waals surface area (Å²) in [7, 11) is 6.84. The lowest BCUT2D eigenvalue weighted by molar-refractivity contribution is -0.673. The van der Waals surface area contributed by atoms with Crippen LogP contribution in [0.2, 0.25) is 0 Å². The molecule has 12 heterocycles. The highest BCUT2D eigenvalue weighted by molar-refractivity contribution is 9.12. The third kappa shape index (κ3) is 15.7. The fourth-order valence-corrected chi connectivity index (χ4v) is 23.4. The van der Waals surface area contributed by atoms with Gasteiger partial charge in [-0.3, -0.25) is 96.9 Å². The highest BCUT2D eigenvalue weighted by Gasteiger charge is 2.55. The second-order valence-electron chi connectivity index (χ2n) is 27.8. The van der Waals surface area contributed by atoms with E-state index in [9.17, 15) is 57.5 Å². The van der Waals surface area contributed by atoms with Crippen LogP contribution in [0.25, 0.3) is 0 Å². The van der Waals surface area contributed by atoms with Gasteiger partial charge in [0.1, 0.15) is 73.8 Å². The molecule has 0 saturated carbocycles. The van der Waals surface area contributed by atoms with E-state index in [2.05, 4.69) is 201 Å². The minimum atomic E-state index is -0.634. The first-order chi connectivity index (χ1) is 59.2. The number of nitrogens with zero attached hydrogens (tertiary/aromatic N) is 12. The number of aromatic nitrogens is 6. The molecule has 125 heavy (non-hydrogen) atoms. The van der Waals surface area contributed by atoms with Gasteiger partial charge in [-0.2, -0.15) is 18.3 Å². The van der Waals surface area contributed by atoms with Gasteiger partial charge in [-0.15, -0.1) is 0 Å². The molecule has 0 spiro atoms. The maximum atomic E-state index is 14.3. The number of amides is 6. The zero-order chi connectivity index (χ0) is 88.4. The summed E-state index contributed by atoms with van der Waals surface area (Å²) in [6.07, 6.45) is 9.77. The molecule has 0 radical (unpaired) electrons. The Kier molecular flexibility index (Phi) is 25.7. The van der Waals surface area contributed by atoms with Crippen LogP contribution in [0.5, 0.6) is 0 Å². The van der Waals surface area contributed by atoms with E-state index in [4.69, 9.17) is 0 Å². The first kappa shape index (κ1) is 89.8. The maximum Gasteiger partial charge on any atom is 0.327 e. The maximum absolute atomic E-state index is 14.3. The van der Waals surface area contributed by atoms with Crippen molar-refractivity contribution in [1.29, 1.82) is 0 Å². The number of carbonyl (C=O) groups is 12. The number of benzene rings is 6. The Labute approximate surface area is 811 Å². The van der Waals surface area contributed by atoms with Crippen LogP contribution in [0.15, 0.2) is 307 Å². The smallest absolute Gasteiger partial charge is 0.327 e. The molecule has 6 aromatic heterocycles. The van der Waals surface area contributed by atoms with Crippen LogP contribution in [-0.2, 0) is 28.2 Å². The van der Waals surface area contributed by atoms with Crippen molar-refractivity contribution in [3.8, 4) is 0 Å². The van der Waals surface area contributed by atoms with Crippen LogP contribution in [0.3, 0.4) is 0 Å². The zero-order valence-corrected chi connectivity index (χ0v) is 83.6. The van der Waals surface area contributed by atoms with Gasteiger partial charge < -0.3 is 7.43 Å². The molecule has 620 valence electrons. The van der Waals surface area contributed by atoms with Crippen LogP contribution < -0.4 is 47.7 Å². The number of rotatable bonds is 6. The Morgan fingerprint density at radius 1 is 0.248 bits per heavy atom. The Balaban J connectivity index is 0.000000144. The number of hydrogen-bond acceptors (Lipinski definition) is 14. The fourth-order valence-electron chi connectivity index (χ4n) is 15.0. The molecular weight excluding hydrogens is 2390 g/mol. The Bertz CT molecular complexity index is 6640. The Morgan fingerprint density at radius 3 is 0.592 bits per heavy atom.